The van der Waals surface area contributed by atoms with Crippen LogP contribution in [0, 0.1) is 12.3 Å². The summed E-state index contributed by atoms with van der Waals surface area (Å²) < 4.78 is 20.3. The van der Waals surface area contributed by atoms with Gasteiger partial charge in [0.15, 0.2) is 20.3 Å². The van der Waals surface area contributed by atoms with Crippen LogP contribution < -0.4 is 20.1 Å². The molecule has 2 amide bonds. The van der Waals surface area contributed by atoms with Crippen molar-refractivity contribution in [3.8, 4) is 46.6 Å². The molecular weight excluding hydrogens is 613 g/mol. The summed E-state index contributed by atoms with van der Waals surface area (Å²) in [6.07, 6.45) is 6.72. The van der Waals surface area contributed by atoms with Crippen molar-refractivity contribution in [1.29, 1.82) is 0 Å². The maximum atomic E-state index is 11.5. The number of thioether (sulfide) groups is 2. The molecule has 218 valence electrons. The van der Waals surface area contributed by atoms with Crippen molar-refractivity contribution >= 4 is 58.4 Å². The second kappa shape index (κ2) is 17.8. The third-order valence-electron chi connectivity index (χ3n) is 5.00. The zero-order chi connectivity index (χ0) is 30.2. The van der Waals surface area contributed by atoms with Crippen molar-refractivity contribution in [2.45, 2.75) is 8.68 Å². The summed E-state index contributed by atoms with van der Waals surface area (Å²) in [5.74, 6) is 5.69. The van der Waals surface area contributed by atoms with Crippen LogP contribution in [0.25, 0.3) is 22.8 Å². The highest BCUT2D eigenvalue weighted by atomic mass is 32.2. The van der Waals surface area contributed by atoms with Gasteiger partial charge in [0, 0.05) is 17.7 Å². The average molecular weight is 641 g/mol. The van der Waals surface area contributed by atoms with Crippen LogP contribution in [0.3, 0.4) is 0 Å². The van der Waals surface area contributed by atoms with Gasteiger partial charge in [-0.25, -0.2) is 9.97 Å². The second-order valence-corrected chi connectivity index (χ2v) is 11.8. The van der Waals surface area contributed by atoms with Crippen LogP contribution >= 0.6 is 46.6 Å². The highest BCUT2D eigenvalue weighted by molar-refractivity contribution is 8.01. The fourth-order valence-electron chi connectivity index (χ4n) is 2.94. The molecule has 0 unspecified atom stereocenters. The number of terminal acetylenes is 1. The normalized spacial score (nSPS) is 10.0. The summed E-state index contributed by atoms with van der Waals surface area (Å²) in [5, 5.41) is 5.32. The molecule has 0 saturated carbocycles. The van der Waals surface area contributed by atoms with Gasteiger partial charge in [-0.3, -0.25) is 9.59 Å². The highest BCUT2D eigenvalue weighted by Crippen LogP contribution is 2.27. The quantitative estimate of drug-likeness (QED) is 0.121. The number of methoxy groups -OCH3 is 2. The van der Waals surface area contributed by atoms with Crippen molar-refractivity contribution in [2.24, 2.45) is 0 Å². The first-order valence-electron chi connectivity index (χ1n) is 12.2. The van der Waals surface area contributed by atoms with Gasteiger partial charge in [-0.1, -0.05) is 35.5 Å². The summed E-state index contributed by atoms with van der Waals surface area (Å²) in [5.41, 5.74) is 1.84. The number of aromatic nitrogens is 4. The van der Waals surface area contributed by atoms with E-state index >= 15 is 0 Å². The van der Waals surface area contributed by atoms with Gasteiger partial charge < -0.3 is 20.1 Å². The maximum absolute atomic E-state index is 11.5. The minimum atomic E-state index is -0.112. The number of hydrogen-bond donors (Lipinski definition) is 2. The Labute approximate surface area is 261 Å². The van der Waals surface area contributed by atoms with Crippen LogP contribution in [-0.2, 0) is 9.59 Å². The second-order valence-electron chi connectivity index (χ2n) is 7.88. The van der Waals surface area contributed by atoms with Gasteiger partial charge in [-0.05, 0) is 71.6 Å². The predicted molar refractivity (Wildman–Crippen MR) is 170 cm³/mol. The first-order valence-corrected chi connectivity index (χ1v) is 15.8. The molecule has 2 aromatic carbocycles. The van der Waals surface area contributed by atoms with Crippen molar-refractivity contribution in [3.63, 3.8) is 0 Å². The van der Waals surface area contributed by atoms with Gasteiger partial charge in [-0.2, -0.15) is 8.75 Å². The standard InChI is InChI=1S/C14H15N3O2S2.C14H13N3O2S2/c2*1-3-8-15-12(18)9-20-14-16-13(17-21-14)10-4-6-11(19-2)7-5-10/h3-7H,1,8-9H2,2H3,(H,15,18);1,4-7H,8-9H2,2H3,(H,15,18). The monoisotopic (exact) mass is 640 g/mol. The number of hydrogen-bond acceptors (Lipinski definition) is 12. The van der Waals surface area contributed by atoms with E-state index in [0.29, 0.717) is 23.9 Å². The van der Waals surface area contributed by atoms with E-state index in [-0.39, 0.29) is 24.1 Å². The zero-order valence-corrected chi connectivity index (χ0v) is 26.1. The molecule has 42 heavy (non-hydrogen) atoms. The Morgan fingerprint density at radius 1 is 0.857 bits per heavy atom. The van der Waals surface area contributed by atoms with Crippen LogP contribution in [0.2, 0.25) is 0 Å². The Morgan fingerprint density at radius 3 is 1.71 bits per heavy atom. The van der Waals surface area contributed by atoms with Crippen LogP contribution in [0.1, 0.15) is 0 Å². The Kier molecular flexibility index (Phi) is 13.8. The summed E-state index contributed by atoms with van der Waals surface area (Å²) in [6.45, 7) is 4.27. The summed E-state index contributed by atoms with van der Waals surface area (Å²) >= 11 is 5.28. The Hall–Kier alpha value is -3.90. The van der Waals surface area contributed by atoms with Gasteiger partial charge in [0.1, 0.15) is 11.5 Å². The molecule has 0 atom stereocenters. The number of carbonyl (C=O) groups excluding carboxylic acids is 2. The van der Waals surface area contributed by atoms with E-state index in [2.05, 4.69) is 41.8 Å². The lowest BCUT2D eigenvalue weighted by Gasteiger charge is -2.00. The van der Waals surface area contributed by atoms with Crippen LogP contribution in [0.15, 0.2) is 69.9 Å². The molecule has 14 heteroatoms. The van der Waals surface area contributed by atoms with E-state index in [1.165, 1.54) is 46.6 Å². The van der Waals surface area contributed by atoms with Gasteiger partial charge in [0.25, 0.3) is 0 Å². The molecule has 0 radical (unpaired) electrons. The lowest BCUT2D eigenvalue weighted by Crippen LogP contribution is -2.25. The highest BCUT2D eigenvalue weighted by Gasteiger charge is 2.10. The topological polar surface area (TPSA) is 128 Å². The molecule has 0 spiro atoms. The molecule has 2 aromatic heterocycles. The Morgan fingerprint density at radius 2 is 1.31 bits per heavy atom. The number of nitrogens with one attached hydrogen (secondary N) is 2. The fourth-order valence-corrected chi connectivity index (χ4v) is 5.83. The van der Waals surface area contributed by atoms with E-state index in [1.54, 1.807) is 20.3 Å². The molecule has 0 bridgehead atoms. The van der Waals surface area contributed by atoms with E-state index < -0.39 is 0 Å². The van der Waals surface area contributed by atoms with Crippen molar-refractivity contribution < 1.29 is 19.1 Å². The number of rotatable bonds is 13. The van der Waals surface area contributed by atoms with Crippen LogP contribution in [0.4, 0.5) is 0 Å². The molecule has 4 rings (SSSR count). The molecule has 0 saturated heterocycles. The summed E-state index contributed by atoms with van der Waals surface area (Å²) in [6, 6.07) is 15.1. The number of amides is 2. The third-order valence-corrected chi connectivity index (χ3v) is 8.66. The third kappa shape index (κ3) is 10.8. The van der Waals surface area contributed by atoms with Crippen molar-refractivity contribution in [1.82, 2.24) is 29.3 Å². The van der Waals surface area contributed by atoms with E-state index in [0.717, 1.165) is 31.3 Å². The minimum Gasteiger partial charge on any atom is -0.497 e. The first kappa shape index (κ1) is 32.6. The molecule has 4 aromatic rings. The molecule has 2 heterocycles. The molecule has 2 N–H and O–H groups in total. The molecular formula is C28H28N6O4S4. The van der Waals surface area contributed by atoms with Gasteiger partial charge >= 0.3 is 0 Å². The van der Waals surface area contributed by atoms with E-state index in [9.17, 15) is 9.59 Å². The summed E-state index contributed by atoms with van der Waals surface area (Å²) in [7, 11) is 3.25. The van der Waals surface area contributed by atoms with E-state index in [1.807, 2.05) is 48.5 Å². The fraction of sp³-hybridized carbons (Fsp3) is 0.214. The van der Waals surface area contributed by atoms with Crippen LogP contribution in [-0.4, -0.2) is 69.3 Å². The maximum Gasteiger partial charge on any atom is 0.231 e. The average Bonchev–Trinajstić information content (AvgIpc) is 3.71. The lowest BCUT2D eigenvalue weighted by molar-refractivity contribution is -0.119. The first-order chi connectivity index (χ1) is 20.4. The number of carbonyl (C=O) groups is 2. The van der Waals surface area contributed by atoms with Gasteiger partial charge in [0.05, 0.1) is 32.3 Å². The minimum absolute atomic E-state index is 0.0407. The SMILES string of the molecule is C#CCNC(=O)CSc1nc(-c2ccc(OC)cc2)ns1.C=CCNC(=O)CSc1nc(-c2ccc(OC)cc2)ns1. The predicted octanol–water partition coefficient (Wildman–Crippen LogP) is 4.66. The zero-order valence-electron chi connectivity index (χ0n) is 22.9. The van der Waals surface area contributed by atoms with Crippen molar-refractivity contribution in [3.05, 3.63) is 61.2 Å². The number of nitrogens with zero attached hydrogens (tertiary/aromatic N) is 4. The summed E-state index contributed by atoms with van der Waals surface area (Å²) in [4.78, 5) is 31.7. The Bertz CT molecular complexity index is 1480. The lowest BCUT2D eigenvalue weighted by atomic mass is 10.2. The van der Waals surface area contributed by atoms with E-state index in [4.69, 9.17) is 15.9 Å². The molecule has 0 aliphatic carbocycles. The molecule has 0 aliphatic rings. The number of benzene rings is 2. The Balaban J connectivity index is 0.000000230. The van der Waals surface area contributed by atoms with Gasteiger partial charge in [-0.15, -0.1) is 13.0 Å². The molecule has 0 aliphatic heterocycles. The largest absolute Gasteiger partial charge is 0.497 e. The number of ether oxygens (including phenoxy) is 2. The van der Waals surface area contributed by atoms with Gasteiger partial charge in [0.2, 0.25) is 11.8 Å². The van der Waals surface area contributed by atoms with Crippen molar-refractivity contribution in [2.75, 3.05) is 38.8 Å². The molecule has 0 fully saturated rings. The smallest absolute Gasteiger partial charge is 0.231 e. The molecule has 10 nitrogen and oxygen atoms in total. The van der Waals surface area contributed by atoms with Crippen LogP contribution in [0.5, 0.6) is 11.5 Å².